The van der Waals surface area contributed by atoms with E-state index in [4.69, 9.17) is 9.84 Å². The van der Waals surface area contributed by atoms with Crippen molar-refractivity contribution in [3.63, 3.8) is 0 Å². The molecule has 24 heavy (non-hydrogen) atoms. The number of fused-ring (bicyclic) bond motifs is 2. The van der Waals surface area contributed by atoms with Gasteiger partial charge in [0.15, 0.2) is 0 Å². The third-order valence-corrected chi connectivity index (χ3v) is 6.17. The molecule has 1 aromatic rings. The van der Waals surface area contributed by atoms with Gasteiger partial charge in [0.1, 0.15) is 5.75 Å². The van der Waals surface area contributed by atoms with Crippen molar-refractivity contribution in [2.75, 3.05) is 7.11 Å². The highest BCUT2D eigenvalue weighted by Gasteiger charge is 2.46. The van der Waals surface area contributed by atoms with Gasteiger partial charge in [0.25, 0.3) is 5.91 Å². The summed E-state index contributed by atoms with van der Waals surface area (Å²) >= 11 is 0. The molecular formula is C15H18N2O6S. The summed E-state index contributed by atoms with van der Waals surface area (Å²) in [7, 11) is -2.65. The molecule has 0 aliphatic carbocycles. The summed E-state index contributed by atoms with van der Waals surface area (Å²) in [5, 5.41) is 8.97. The van der Waals surface area contributed by atoms with Crippen molar-refractivity contribution in [1.29, 1.82) is 0 Å². The van der Waals surface area contributed by atoms with Gasteiger partial charge in [-0.25, -0.2) is 9.52 Å². The maximum atomic E-state index is 12.5. The van der Waals surface area contributed by atoms with Crippen LogP contribution in [0.2, 0.25) is 0 Å². The van der Waals surface area contributed by atoms with E-state index in [0.717, 1.165) is 25.7 Å². The van der Waals surface area contributed by atoms with Crippen molar-refractivity contribution >= 4 is 22.1 Å². The Morgan fingerprint density at radius 2 is 1.79 bits per heavy atom. The molecule has 2 aliphatic heterocycles. The van der Waals surface area contributed by atoms with Crippen LogP contribution in [0.25, 0.3) is 0 Å². The zero-order valence-corrected chi connectivity index (χ0v) is 13.9. The molecule has 3 rings (SSSR count). The van der Waals surface area contributed by atoms with E-state index >= 15 is 0 Å². The third kappa shape index (κ3) is 2.84. The predicted octanol–water partition coefficient (Wildman–Crippen LogP) is 0.995. The summed E-state index contributed by atoms with van der Waals surface area (Å²) in [6, 6.07) is 3.56. The molecule has 2 fully saturated rings. The van der Waals surface area contributed by atoms with E-state index in [1.54, 1.807) is 0 Å². The van der Waals surface area contributed by atoms with Gasteiger partial charge in [-0.05, 0) is 43.9 Å². The Balaban J connectivity index is 1.83. The summed E-state index contributed by atoms with van der Waals surface area (Å²) < 4.78 is 33.5. The van der Waals surface area contributed by atoms with Gasteiger partial charge in [0.05, 0.1) is 18.2 Å². The number of aromatic carboxylic acids is 1. The van der Waals surface area contributed by atoms with Crippen LogP contribution in [-0.2, 0) is 10.2 Å². The zero-order valence-electron chi connectivity index (χ0n) is 13.1. The topological polar surface area (TPSA) is 113 Å². The van der Waals surface area contributed by atoms with Crippen molar-refractivity contribution in [2.24, 2.45) is 0 Å². The number of rotatable bonds is 5. The lowest BCUT2D eigenvalue weighted by atomic mass is 10.0. The number of hydrogen-bond donors (Lipinski definition) is 2. The van der Waals surface area contributed by atoms with Gasteiger partial charge < -0.3 is 9.84 Å². The van der Waals surface area contributed by atoms with Crippen LogP contribution in [0.1, 0.15) is 46.4 Å². The zero-order chi connectivity index (χ0) is 17.5. The van der Waals surface area contributed by atoms with Crippen LogP contribution in [-0.4, -0.2) is 48.9 Å². The molecule has 2 aliphatic rings. The second-order valence-corrected chi connectivity index (χ2v) is 7.52. The average molecular weight is 354 g/mol. The van der Waals surface area contributed by atoms with Crippen LogP contribution in [0.5, 0.6) is 5.75 Å². The Morgan fingerprint density at radius 1 is 1.21 bits per heavy atom. The SMILES string of the molecule is COc1cc(C(=O)O)ccc1C(=O)NS(=O)(=O)N1C2CCC1CC2. The summed E-state index contributed by atoms with van der Waals surface area (Å²) in [6.07, 6.45) is 3.26. The van der Waals surface area contributed by atoms with Crippen molar-refractivity contribution in [3.05, 3.63) is 29.3 Å². The molecule has 2 N–H and O–H groups in total. The number of ether oxygens (including phenoxy) is 1. The number of methoxy groups -OCH3 is 1. The fraction of sp³-hybridized carbons (Fsp3) is 0.467. The molecule has 0 unspecified atom stereocenters. The van der Waals surface area contributed by atoms with E-state index in [1.807, 2.05) is 0 Å². The predicted molar refractivity (Wildman–Crippen MR) is 84.2 cm³/mol. The first-order valence-corrected chi connectivity index (χ1v) is 9.04. The number of carboxylic acids is 1. The fourth-order valence-electron chi connectivity index (χ4n) is 3.49. The van der Waals surface area contributed by atoms with Gasteiger partial charge in [-0.3, -0.25) is 4.79 Å². The average Bonchev–Trinajstić information content (AvgIpc) is 3.14. The minimum atomic E-state index is -3.93. The first kappa shape index (κ1) is 16.7. The van der Waals surface area contributed by atoms with Gasteiger partial charge in [-0.15, -0.1) is 0 Å². The Labute approximate surface area is 139 Å². The van der Waals surface area contributed by atoms with E-state index in [2.05, 4.69) is 4.72 Å². The lowest BCUT2D eigenvalue weighted by Gasteiger charge is -2.21. The van der Waals surface area contributed by atoms with Crippen LogP contribution in [0, 0.1) is 0 Å². The highest BCUT2D eigenvalue weighted by atomic mass is 32.2. The van der Waals surface area contributed by atoms with E-state index in [-0.39, 0.29) is 29.0 Å². The van der Waals surface area contributed by atoms with Gasteiger partial charge in [-0.1, -0.05) is 0 Å². The maximum absolute atomic E-state index is 12.5. The Morgan fingerprint density at radius 3 is 2.29 bits per heavy atom. The first-order valence-electron chi connectivity index (χ1n) is 7.60. The van der Waals surface area contributed by atoms with Crippen LogP contribution in [0.3, 0.4) is 0 Å². The quantitative estimate of drug-likeness (QED) is 0.815. The number of nitrogens with zero attached hydrogens (tertiary/aromatic N) is 1. The molecule has 0 aromatic heterocycles. The van der Waals surface area contributed by atoms with E-state index in [9.17, 15) is 18.0 Å². The van der Waals surface area contributed by atoms with Gasteiger partial charge in [-0.2, -0.15) is 12.7 Å². The number of amides is 1. The number of carbonyl (C=O) groups excluding carboxylic acids is 1. The van der Waals surface area contributed by atoms with E-state index < -0.39 is 22.1 Å². The van der Waals surface area contributed by atoms with Gasteiger partial charge in [0, 0.05) is 12.1 Å². The minimum absolute atomic E-state index is 0.00648. The Kier molecular flexibility index (Phi) is 4.22. The largest absolute Gasteiger partial charge is 0.496 e. The highest BCUT2D eigenvalue weighted by molar-refractivity contribution is 7.87. The molecular weight excluding hydrogens is 336 g/mol. The molecule has 0 spiro atoms. The van der Waals surface area contributed by atoms with Gasteiger partial charge in [0.2, 0.25) is 0 Å². The van der Waals surface area contributed by atoms with Crippen LogP contribution >= 0.6 is 0 Å². The standard InChI is InChI=1S/C15H18N2O6S/c1-23-13-8-9(15(19)20)2-7-12(13)14(18)16-24(21,22)17-10-3-4-11(17)6-5-10/h2,7-8,10-11H,3-6H2,1H3,(H,16,18)(H,19,20). The van der Waals surface area contributed by atoms with Crippen molar-refractivity contribution in [3.8, 4) is 5.75 Å². The van der Waals surface area contributed by atoms with Crippen LogP contribution in [0.15, 0.2) is 18.2 Å². The second-order valence-electron chi connectivity index (χ2n) is 5.95. The van der Waals surface area contributed by atoms with E-state index in [0.29, 0.717) is 0 Å². The van der Waals surface area contributed by atoms with E-state index in [1.165, 1.54) is 29.6 Å². The van der Waals surface area contributed by atoms with Crippen LogP contribution in [0.4, 0.5) is 0 Å². The smallest absolute Gasteiger partial charge is 0.335 e. The van der Waals surface area contributed by atoms with Crippen molar-refractivity contribution in [1.82, 2.24) is 9.03 Å². The minimum Gasteiger partial charge on any atom is -0.496 e. The number of carboxylic acid groups (broad SMARTS) is 1. The summed E-state index contributed by atoms with van der Waals surface area (Å²) in [5.41, 5.74) is -0.0820. The lowest BCUT2D eigenvalue weighted by molar-refractivity contribution is 0.0695. The number of carbonyl (C=O) groups is 2. The number of hydrogen-bond acceptors (Lipinski definition) is 5. The molecule has 130 valence electrons. The van der Waals surface area contributed by atoms with Crippen molar-refractivity contribution in [2.45, 2.75) is 37.8 Å². The molecule has 8 nitrogen and oxygen atoms in total. The van der Waals surface area contributed by atoms with Crippen LogP contribution < -0.4 is 9.46 Å². The molecule has 0 radical (unpaired) electrons. The third-order valence-electron chi connectivity index (χ3n) is 4.58. The molecule has 0 atom stereocenters. The number of benzene rings is 1. The fourth-order valence-corrected chi connectivity index (χ4v) is 5.15. The molecule has 2 bridgehead atoms. The first-order chi connectivity index (χ1) is 11.3. The number of nitrogens with one attached hydrogen (secondary N) is 1. The maximum Gasteiger partial charge on any atom is 0.335 e. The molecule has 0 saturated carbocycles. The molecule has 1 amide bonds. The molecule has 2 heterocycles. The molecule has 9 heteroatoms. The Bertz CT molecular complexity index is 771. The second kappa shape index (κ2) is 6.06. The summed E-state index contributed by atoms with van der Waals surface area (Å²) in [5.74, 6) is -2.00. The molecule has 1 aromatic carbocycles. The summed E-state index contributed by atoms with van der Waals surface area (Å²) in [6.45, 7) is 0. The Hall–Kier alpha value is -2.13. The lowest BCUT2D eigenvalue weighted by Crippen LogP contribution is -2.45. The highest BCUT2D eigenvalue weighted by Crippen LogP contribution is 2.39. The molecule has 2 saturated heterocycles. The van der Waals surface area contributed by atoms with Gasteiger partial charge >= 0.3 is 16.2 Å². The monoisotopic (exact) mass is 354 g/mol. The van der Waals surface area contributed by atoms with Crippen molar-refractivity contribution < 1.29 is 27.9 Å². The summed E-state index contributed by atoms with van der Waals surface area (Å²) in [4.78, 5) is 23.3. The normalized spacial score (nSPS) is 23.2.